The molecule has 0 unspecified atom stereocenters. The molecule has 2 rings (SSSR count). The van der Waals surface area contributed by atoms with E-state index in [0.717, 1.165) is 10.4 Å². The van der Waals surface area contributed by atoms with Crippen LogP contribution in [0.25, 0.3) is 0 Å². The van der Waals surface area contributed by atoms with Crippen LogP contribution in [0.1, 0.15) is 47.0 Å². The van der Waals surface area contributed by atoms with Crippen molar-refractivity contribution >= 4 is 21.7 Å². The van der Waals surface area contributed by atoms with E-state index in [1.807, 2.05) is 6.07 Å². The summed E-state index contributed by atoms with van der Waals surface area (Å²) in [5.41, 5.74) is 0.785. The molecule has 1 heterocycles. The lowest BCUT2D eigenvalue weighted by Crippen LogP contribution is -2.40. The molecule has 4 heteroatoms. The maximum absolute atomic E-state index is 4.28. The van der Waals surface area contributed by atoms with Crippen molar-refractivity contribution in [1.29, 1.82) is 0 Å². The number of nitrogens with one attached hydrogen (secondary N) is 1. The first kappa shape index (κ1) is 13.8. The van der Waals surface area contributed by atoms with Crippen LogP contribution < -0.4 is 5.32 Å². The summed E-state index contributed by atoms with van der Waals surface area (Å²) in [5, 5.41) is 3.55. The van der Waals surface area contributed by atoms with Crippen molar-refractivity contribution in [2.24, 2.45) is 10.8 Å². The van der Waals surface area contributed by atoms with E-state index in [1.54, 1.807) is 6.33 Å². The van der Waals surface area contributed by atoms with Crippen molar-refractivity contribution in [3.8, 4) is 0 Å². The lowest BCUT2D eigenvalue weighted by Gasteiger charge is -2.45. The molecular weight excluding hydrogens is 290 g/mol. The van der Waals surface area contributed by atoms with E-state index in [2.05, 4.69) is 58.9 Å². The van der Waals surface area contributed by atoms with Gasteiger partial charge >= 0.3 is 0 Å². The van der Waals surface area contributed by atoms with E-state index in [4.69, 9.17) is 0 Å². The van der Waals surface area contributed by atoms with E-state index in [-0.39, 0.29) is 0 Å². The minimum absolute atomic E-state index is 0.393. The highest BCUT2D eigenvalue weighted by molar-refractivity contribution is 9.10. The number of nitrogens with zero attached hydrogens (tertiary/aromatic N) is 2. The summed E-state index contributed by atoms with van der Waals surface area (Å²) >= 11 is 3.38. The summed E-state index contributed by atoms with van der Waals surface area (Å²) in [6.07, 6.45) is 5.26. The van der Waals surface area contributed by atoms with E-state index in [1.165, 1.54) is 19.3 Å². The SMILES string of the molecule is CC1(C)CC(Nc2cc(Br)ncn2)CC(C)(C)C1. The molecule has 1 saturated carbocycles. The minimum Gasteiger partial charge on any atom is -0.367 e. The quantitative estimate of drug-likeness (QED) is 0.829. The molecule has 0 aromatic carbocycles. The first-order valence-electron chi connectivity index (χ1n) is 6.50. The monoisotopic (exact) mass is 311 g/mol. The Morgan fingerprint density at radius 1 is 1.17 bits per heavy atom. The van der Waals surface area contributed by atoms with Crippen LogP contribution in [-0.4, -0.2) is 16.0 Å². The van der Waals surface area contributed by atoms with Crippen LogP contribution in [0.15, 0.2) is 17.0 Å². The fourth-order valence-corrected chi connectivity index (χ4v) is 3.88. The van der Waals surface area contributed by atoms with Gasteiger partial charge in [0.1, 0.15) is 16.7 Å². The maximum Gasteiger partial charge on any atom is 0.130 e. The van der Waals surface area contributed by atoms with Gasteiger partial charge in [-0.15, -0.1) is 0 Å². The smallest absolute Gasteiger partial charge is 0.130 e. The van der Waals surface area contributed by atoms with Gasteiger partial charge < -0.3 is 5.32 Å². The topological polar surface area (TPSA) is 37.8 Å². The van der Waals surface area contributed by atoms with Crippen molar-refractivity contribution in [3.05, 3.63) is 17.0 Å². The van der Waals surface area contributed by atoms with Gasteiger partial charge in [0.25, 0.3) is 0 Å². The molecule has 1 aliphatic rings. The molecule has 0 spiro atoms. The highest BCUT2D eigenvalue weighted by Gasteiger charge is 2.38. The minimum atomic E-state index is 0.393. The van der Waals surface area contributed by atoms with E-state index >= 15 is 0 Å². The van der Waals surface area contributed by atoms with Gasteiger partial charge in [-0.05, 0) is 46.0 Å². The highest BCUT2D eigenvalue weighted by Crippen LogP contribution is 2.46. The van der Waals surface area contributed by atoms with Gasteiger partial charge in [-0.25, -0.2) is 9.97 Å². The molecule has 0 atom stereocenters. The van der Waals surface area contributed by atoms with Crippen LogP contribution in [0.4, 0.5) is 5.82 Å². The van der Waals surface area contributed by atoms with Crippen LogP contribution in [0, 0.1) is 10.8 Å². The van der Waals surface area contributed by atoms with E-state index in [0.29, 0.717) is 16.9 Å². The van der Waals surface area contributed by atoms with Gasteiger partial charge in [-0.1, -0.05) is 27.7 Å². The average molecular weight is 312 g/mol. The molecule has 1 aromatic rings. The second kappa shape index (κ2) is 4.80. The number of anilines is 1. The van der Waals surface area contributed by atoms with E-state index < -0.39 is 0 Å². The third kappa shape index (κ3) is 3.67. The molecule has 0 radical (unpaired) electrons. The number of hydrogen-bond acceptors (Lipinski definition) is 3. The molecule has 0 aliphatic heterocycles. The number of aromatic nitrogens is 2. The number of rotatable bonds is 2. The Kier molecular flexibility index (Phi) is 3.67. The molecule has 3 nitrogen and oxygen atoms in total. The van der Waals surface area contributed by atoms with Gasteiger partial charge in [-0.2, -0.15) is 0 Å². The molecule has 1 aliphatic carbocycles. The van der Waals surface area contributed by atoms with Gasteiger partial charge in [0.15, 0.2) is 0 Å². The Hall–Kier alpha value is -0.640. The number of hydrogen-bond donors (Lipinski definition) is 1. The van der Waals surface area contributed by atoms with Crippen LogP contribution in [0.5, 0.6) is 0 Å². The summed E-state index contributed by atoms with van der Waals surface area (Å²) in [5.74, 6) is 0.912. The zero-order valence-electron chi connectivity index (χ0n) is 11.6. The molecule has 0 saturated heterocycles. The molecule has 100 valence electrons. The molecule has 1 fully saturated rings. The second-order valence-corrected chi connectivity index (χ2v) is 7.79. The Bertz CT molecular complexity index is 413. The molecule has 0 amide bonds. The number of halogens is 1. The average Bonchev–Trinajstić information content (AvgIpc) is 2.11. The Balaban J connectivity index is 2.09. The maximum atomic E-state index is 4.28. The van der Waals surface area contributed by atoms with Crippen molar-refractivity contribution in [3.63, 3.8) is 0 Å². The van der Waals surface area contributed by atoms with Gasteiger partial charge in [0.05, 0.1) is 0 Å². The zero-order valence-corrected chi connectivity index (χ0v) is 13.2. The summed E-state index contributed by atoms with van der Waals surface area (Å²) < 4.78 is 0.828. The summed E-state index contributed by atoms with van der Waals surface area (Å²) in [7, 11) is 0. The highest BCUT2D eigenvalue weighted by atomic mass is 79.9. The summed E-state index contributed by atoms with van der Waals surface area (Å²) in [4.78, 5) is 8.33. The van der Waals surface area contributed by atoms with Crippen LogP contribution >= 0.6 is 15.9 Å². The fraction of sp³-hybridized carbons (Fsp3) is 0.714. The Morgan fingerprint density at radius 2 is 1.78 bits per heavy atom. The van der Waals surface area contributed by atoms with Crippen molar-refractivity contribution < 1.29 is 0 Å². The second-order valence-electron chi connectivity index (χ2n) is 6.98. The molecule has 1 aromatic heterocycles. The summed E-state index contributed by atoms with van der Waals surface area (Å²) in [6.45, 7) is 9.44. The standard InChI is InChI=1S/C14H22BrN3/c1-13(2)6-10(7-14(3,4)8-13)18-12-5-11(15)16-9-17-12/h5,9-10H,6-8H2,1-4H3,(H,16,17,18). The lowest BCUT2D eigenvalue weighted by molar-refractivity contribution is 0.105. The normalized spacial score (nSPS) is 22.7. The third-order valence-electron chi connectivity index (χ3n) is 3.54. The third-order valence-corrected chi connectivity index (χ3v) is 3.97. The zero-order chi connectivity index (χ0) is 13.4. The van der Waals surface area contributed by atoms with Gasteiger partial charge in [-0.3, -0.25) is 0 Å². The van der Waals surface area contributed by atoms with Crippen LogP contribution in [-0.2, 0) is 0 Å². The van der Waals surface area contributed by atoms with Crippen molar-refractivity contribution in [2.75, 3.05) is 5.32 Å². The fourth-order valence-electron chi connectivity index (χ4n) is 3.57. The van der Waals surface area contributed by atoms with Gasteiger partial charge in [0, 0.05) is 12.1 Å². The molecule has 18 heavy (non-hydrogen) atoms. The van der Waals surface area contributed by atoms with Crippen molar-refractivity contribution in [1.82, 2.24) is 9.97 Å². The van der Waals surface area contributed by atoms with Gasteiger partial charge in [0.2, 0.25) is 0 Å². The predicted octanol–water partition coefficient (Wildman–Crippen LogP) is 4.26. The lowest BCUT2D eigenvalue weighted by atomic mass is 9.63. The largest absolute Gasteiger partial charge is 0.367 e. The summed E-state index contributed by atoms with van der Waals surface area (Å²) in [6, 6.07) is 2.43. The molecule has 0 bridgehead atoms. The molecule has 1 N–H and O–H groups in total. The predicted molar refractivity (Wildman–Crippen MR) is 78.6 cm³/mol. The Morgan fingerprint density at radius 3 is 2.33 bits per heavy atom. The van der Waals surface area contributed by atoms with Crippen LogP contribution in [0.3, 0.4) is 0 Å². The molecular formula is C14H22BrN3. The first-order chi connectivity index (χ1) is 8.26. The Labute approximate surface area is 118 Å². The first-order valence-corrected chi connectivity index (χ1v) is 7.29. The van der Waals surface area contributed by atoms with E-state index in [9.17, 15) is 0 Å². The van der Waals surface area contributed by atoms with Crippen molar-refractivity contribution in [2.45, 2.75) is 53.0 Å². The van der Waals surface area contributed by atoms with Crippen LogP contribution in [0.2, 0.25) is 0 Å².